The number of ether oxygens (including phenoxy) is 1. The molecule has 3 aromatic rings. The summed E-state index contributed by atoms with van der Waals surface area (Å²) in [7, 11) is 0. The molecular weight excluding hydrogens is 302 g/mol. The zero-order valence-corrected chi connectivity index (χ0v) is 12.6. The number of carbonyl (C=O) groups excluding carboxylic acids is 1. The zero-order chi connectivity index (χ0) is 17.1. The Hall–Kier alpha value is -3.65. The normalized spacial score (nSPS) is 10.1. The van der Waals surface area contributed by atoms with Gasteiger partial charge in [-0.15, -0.1) is 0 Å². The molecule has 116 valence electrons. The molecule has 24 heavy (non-hydrogen) atoms. The van der Waals surface area contributed by atoms with Gasteiger partial charge in [0, 0.05) is 5.56 Å². The van der Waals surface area contributed by atoms with Crippen LogP contribution in [0.4, 0.5) is 0 Å². The van der Waals surface area contributed by atoms with Crippen LogP contribution in [0.2, 0.25) is 0 Å². The molecule has 0 saturated heterocycles. The van der Waals surface area contributed by atoms with Gasteiger partial charge in [-0.2, -0.15) is 5.26 Å². The highest BCUT2D eigenvalue weighted by molar-refractivity contribution is 5.99. The Morgan fingerprint density at radius 1 is 0.958 bits per heavy atom. The van der Waals surface area contributed by atoms with Gasteiger partial charge in [0.1, 0.15) is 11.6 Å². The second kappa shape index (κ2) is 6.23. The molecule has 0 heterocycles. The van der Waals surface area contributed by atoms with E-state index < -0.39 is 5.97 Å². The lowest BCUT2D eigenvalue weighted by molar-refractivity contribution is 0.0735. The molecule has 0 fully saturated rings. The van der Waals surface area contributed by atoms with Crippen molar-refractivity contribution in [1.29, 1.82) is 10.7 Å². The van der Waals surface area contributed by atoms with Gasteiger partial charge >= 0.3 is 5.97 Å². The predicted octanol–water partition coefficient (Wildman–Crippen LogP) is 3.21. The molecule has 0 bridgehead atoms. The number of benzene rings is 3. The van der Waals surface area contributed by atoms with E-state index in [1.807, 2.05) is 24.3 Å². The van der Waals surface area contributed by atoms with E-state index in [1.54, 1.807) is 42.5 Å². The van der Waals surface area contributed by atoms with E-state index in [1.165, 1.54) is 0 Å². The highest BCUT2D eigenvalue weighted by Gasteiger charge is 2.09. The number of nitrogens with one attached hydrogen (secondary N) is 1. The van der Waals surface area contributed by atoms with Crippen molar-refractivity contribution in [2.24, 2.45) is 5.73 Å². The van der Waals surface area contributed by atoms with Crippen molar-refractivity contribution >= 4 is 22.6 Å². The van der Waals surface area contributed by atoms with Crippen molar-refractivity contribution in [2.45, 2.75) is 0 Å². The number of fused-ring (bicyclic) bond motifs is 1. The molecule has 0 spiro atoms. The zero-order valence-electron chi connectivity index (χ0n) is 12.6. The molecule has 3 aromatic carbocycles. The minimum absolute atomic E-state index is 0.00761. The summed E-state index contributed by atoms with van der Waals surface area (Å²) < 4.78 is 5.37. The van der Waals surface area contributed by atoms with Gasteiger partial charge in [0.15, 0.2) is 0 Å². The maximum atomic E-state index is 12.1. The predicted molar refractivity (Wildman–Crippen MR) is 91.1 cm³/mol. The number of amidine groups is 1. The second-order valence-electron chi connectivity index (χ2n) is 5.22. The van der Waals surface area contributed by atoms with Gasteiger partial charge in [0.25, 0.3) is 0 Å². The quantitative estimate of drug-likeness (QED) is 0.335. The fourth-order valence-electron chi connectivity index (χ4n) is 2.30. The van der Waals surface area contributed by atoms with Crippen LogP contribution in [0.25, 0.3) is 10.8 Å². The molecule has 0 aliphatic heterocycles. The minimum Gasteiger partial charge on any atom is -0.423 e. The van der Waals surface area contributed by atoms with Crippen molar-refractivity contribution in [3.05, 3.63) is 77.4 Å². The molecule has 5 nitrogen and oxygen atoms in total. The van der Waals surface area contributed by atoms with Crippen LogP contribution in [0.5, 0.6) is 5.75 Å². The highest BCUT2D eigenvalue weighted by atomic mass is 16.5. The summed E-state index contributed by atoms with van der Waals surface area (Å²) in [6, 6.07) is 18.9. The lowest BCUT2D eigenvalue weighted by Crippen LogP contribution is -2.10. The van der Waals surface area contributed by atoms with Gasteiger partial charge in [-0.3, -0.25) is 5.41 Å². The van der Waals surface area contributed by atoms with Crippen LogP contribution in [0.3, 0.4) is 0 Å². The first-order valence-corrected chi connectivity index (χ1v) is 7.17. The van der Waals surface area contributed by atoms with Crippen molar-refractivity contribution in [3.8, 4) is 11.8 Å². The minimum atomic E-state index is -0.487. The van der Waals surface area contributed by atoms with Crippen LogP contribution in [-0.2, 0) is 0 Å². The number of hydrogen-bond acceptors (Lipinski definition) is 4. The van der Waals surface area contributed by atoms with Crippen LogP contribution in [0, 0.1) is 16.7 Å². The van der Waals surface area contributed by atoms with Crippen LogP contribution < -0.4 is 10.5 Å². The summed E-state index contributed by atoms with van der Waals surface area (Å²) in [5.74, 6) is -0.0557. The molecule has 0 atom stereocenters. The van der Waals surface area contributed by atoms with E-state index in [-0.39, 0.29) is 5.84 Å². The average molecular weight is 315 g/mol. The van der Waals surface area contributed by atoms with Gasteiger partial charge < -0.3 is 10.5 Å². The van der Waals surface area contributed by atoms with Crippen LogP contribution in [-0.4, -0.2) is 11.8 Å². The number of rotatable bonds is 3. The number of nitrogen functional groups attached to an aromatic ring is 1. The Labute approximate surface area is 138 Å². The maximum absolute atomic E-state index is 12.1. The summed E-state index contributed by atoms with van der Waals surface area (Å²) >= 11 is 0. The average Bonchev–Trinajstić information content (AvgIpc) is 2.61. The van der Waals surface area contributed by atoms with Crippen LogP contribution in [0.1, 0.15) is 21.5 Å². The summed E-state index contributed by atoms with van der Waals surface area (Å²) in [5.41, 5.74) is 6.98. The van der Waals surface area contributed by atoms with Crippen molar-refractivity contribution < 1.29 is 9.53 Å². The molecule has 5 heteroatoms. The summed E-state index contributed by atoms with van der Waals surface area (Å²) in [5, 5.41) is 18.0. The fraction of sp³-hybridized carbons (Fsp3) is 0. The van der Waals surface area contributed by atoms with Crippen molar-refractivity contribution in [2.75, 3.05) is 0 Å². The van der Waals surface area contributed by atoms with E-state index in [2.05, 4.69) is 0 Å². The second-order valence-corrected chi connectivity index (χ2v) is 5.22. The summed E-state index contributed by atoms with van der Waals surface area (Å²) in [4.78, 5) is 12.1. The lowest BCUT2D eigenvalue weighted by atomic mass is 10.1. The molecule has 0 radical (unpaired) electrons. The number of hydrogen-bond donors (Lipinski definition) is 2. The first kappa shape index (κ1) is 15.3. The Kier molecular flexibility index (Phi) is 3.96. The molecule has 0 aliphatic carbocycles. The number of nitriles is 1. The van der Waals surface area contributed by atoms with Crippen LogP contribution >= 0.6 is 0 Å². The summed E-state index contributed by atoms with van der Waals surface area (Å²) in [6.45, 7) is 0. The molecule has 3 N–H and O–H groups in total. The molecule has 0 unspecified atom stereocenters. The highest BCUT2D eigenvalue weighted by Crippen LogP contribution is 2.23. The third-order valence-corrected chi connectivity index (χ3v) is 3.58. The third kappa shape index (κ3) is 3.08. The smallest absolute Gasteiger partial charge is 0.343 e. The van der Waals surface area contributed by atoms with Gasteiger partial charge in [-0.25, -0.2) is 4.79 Å². The number of nitrogens with two attached hydrogens (primary N) is 1. The molecule has 3 rings (SSSR count). The van der Waals surface area contributed by atoms with Crippen molar-refractivity contribution in [3.63, 3.8) is 0 Å². The summed E-state index contributed by atoms with van der Waals surface area (Å²) in [6.07, 6.45) is 0. The molecule has 0 saturated carbocycles. The third-order valence-electron chi connectivity index (χ3n) is 3.58. The van der Waals surface area contributed by atoms with Gasteiger partial charge in [-0.05, 0) is 53.2 Å². The Balaban J connectivity index is 1.84. The Bertz CT molecular complexity index is 986. The van der Waals surface area contributed by atoms with E-state index in [0.717, 1.165) is 10.8 Å². The Morgan fingerprint density at radius 2 is 1.58 bits per heavy atom. The topological polar surface area (TPSA) is 100.0 Å². The van der Waals surface area contributed by atoms with E-state index in [0.29, 0.717) is 22.4 Å². The monoisotopic (exact) mass is 315 g/mol. The lowest BCUT2D eigenvalue weighted by Gasteiger charge is -2.07. The Morgan fingerprint density at radius 3 is 2.25 bits per heavy atom. The van der Waals surface area contributed by atoms with Gasteiger partial charge in [0.05, 0.1) is 17.2 Å². The number of nitrogens with zero attached hydrogens (tertiary/aromatic N) is 1. The molecular formula is C19H13N3O2. The van der Waals surface area contributed by atoms with Gasteiger partial charge in [0.2, 0.25) is 0 Å². The molecule has 0 amide bonds. The largest absolute Gasteiger partial charge is 0.423 e. The molecule has 0 aromatic heterocycles. The fourth-order valence-corrected chi connectivity index (χ4v) is 2.30. The van der Waals surface area contributed by atoms with Crippen molar-refractivity contribution in [1.82, 2.24) is 0 Å². The van der Waals surface area contributed by atoms with E-state index in [9.17, 15) is 4.79 Å². The van der Waals surface area contributed by atoms with Crippen LogP contribution in [0.15, 0.2) is 60.7 Å². The molecule has 0 aliphatic rings. The number of carbonyl (C=O) groups is 1. The standard InChI is InChI=1S/C19H13N3O2/c20-11-12-1-3-13(4-2-12)19(23)24-17-8-7-14-9-16(18(21)22)6-5-15(14)10-17/h1-10H,(H3,21,22). The van der Waals surface area contributed by atoms with Gasteiger partial charge in [-0.1, -0.05) is 18.2 Å². The van der Waals surface area contributed by atoms with E-state index >= 15 is 0 Å². The van der Waals surface area contributed by atoms with E-state index in [4.69, 9.17) is 21.1 Å². The first-order chi connectivity index (χ1) is 11.6. The SMILES string of the molecule is N#Cc1ccc(C(=O)Oc2ccc3cc(C(=N)N)ccc3c2)cc1. The maximum Gasteiger partial charge on any atom is 0.343 e. The number of esters is 1. The first-order valence-electron chi connectivity index (χ1n) is 7.17.